The highest BCUT2D eigenvalue weighted by molar-refractivity contribution is 5.98. The van der Waals surface area contributed by atoms with Crippen LogP contribution < -0.4 is 16.4 Å². The first-order valence-electron chi connectivity index (χ1n) is 6.60. The van der Waals surface area contributed by atoms with Crippen LogP contribution in [0.3, 0.4) is 0 Å². The molecule has 2 fully saturated rings. The van der Waals surface area contributed by atoms with Crippen molar-refractivity contribution in [1.82, 2.24) is 4.98 Å². The lowest BCUT2D eigenvalue weighted by Gasteiger charge is -2.39. The molecule has 19 heavy (non-hydrogen) atoms. The molecule has 4 N–H and O–H groups in total. The molecule has 0 radical (unpaired) electrons. The van der Waals surface area contributed by atoms with Crippen molar-refractivity contribution >= 4 is 17.4 Å². The quantitative estimate of drug-likeness (QED) is 0.810. The summed E-state index contributed by atoms with van der Waals surface area (Å²) in [5.41, 5.74) is 12.0. The van der Waals surface area contributed by atoms with Crippen LogP contribution in [0.15, 0.2) is 12.3 Å². The van der Waals surface area contributed by atoms with Crippen LogP contribution in [-0.4, -0.2) is 36.2 Å². The first kappa shape index (κ1) is 12.2. The van der Waals surface area contributed by atoms with Gasteiger partial charge in [0.1, 0.15) is 5.82 Å². The highest BCUT2D eigenvalue weighted by atomic mass is 16.5. The summed E-state index contributed by atoms with van der Waals surface area (Å²) in [6, 6.07) is 1.90. The van der Waals surface area contributed by atoms with Gasteiger partial charge in [0, 0.05) is 6.54 Å². The summed E-state index contributed by atoms with van der Waals surface area (Å²) < 4.78 is 5.77. The standard InChI is InChI=1S/C13H18N4O2/c14-8-6-9(12(15)18)13(16-7-8)17-4-5-19-11-3-1-2-10(11)17/h6-7,10-11H,1-5,14H2,(H2,15,18). The Hall–Kier alpha value is -1.82. The predicted molar refractivity (Wildman–Crippen MR) is 71.9 cm³/mol. The maximum atomic E-state index is 11.6. The van der Waals surface area contributed by atoms with Crippen LogP contribution in [-0.2, 0) is 4.74 Å². The van der Waals surface area contributed by atoms with Crippen LogP contribution >= 0.6 is 0 Å². The number of nitrogens with two attached hydrogens (primary N) is 2. The molecule has 2 atom stereocenters. The van der Waals surface area contributed by atoms with E-state index in [1.807, 2.05) is 0 Å². The van der Waals surface area contributed by atoms with Crippen molar-refractivity contribution in [2.45, 2.75) is 31.4 Å². The third-order valence-electron chi connectivity index (χ3n) is 3.91. The predicted octanol–water partition coefficient (Wildman–Crippen LogP) is 0.520. The second-order valence-corrected chi connectivity index (χ2v) is 5.10. The molecule has 2 heterocycles. The molecule has 102 valence electrons. The lowest BCUT2D eigenvalue weighted by atomic mass is 10.1. The van der Waals surface area contributed by atoms with E-state index in [2.05, 4.69) is 9.88 Å². The number of aromatic nitrogens is 1. The molecule has 0 bridgehead atoms. The van der Waals surface area contributed by atoms with Gasteiger partial charge >= 0.3 is 0 Å². The van der Waals surface area contributed by atoms with Gasteiger partial charge in [-0.3, -0.25) is 4.79 Å². The Bertz CT molecular complexity index is 505. The number of nitrogens with zero attached hydrogens (tertiary/aromatic N) is 2. The van der Waals surface area contributed by atoms with Gasteiger partial charge in [0.05, 0.1) is 36.2 Å². The van der Waals surface area contributed by atoms with Crippen LogP contribution in [0, 0.1) is 0 Å². The monoisotopic (exact) mass is 262 g/mol. The molecule has 2 unspecified atom stereocenters. The van der Waals surface area contributed by atoms with E-state index >= 15 is 0 Å². The van der Waals surface area contributed by atoms with Crippen LogP contribution in [0.5, 0.6) is 0 Å². The van der Waals surface area contributed by atoms with E-state index in [-0.39, 0.29) is 6.10 Å². The van der Waals surface area contributed by atoms with E-state index in [9.17, 15) is 4.79 Å². The van der Waals surface area contributed by atoms with Crippen molar-refractivity contribution < 1.29 is 9.53 Å². The van der Waals surface area contributed by atoms with Crippen molar-refractivity contribution in [3.8, 4) is 0 Å². The molecule has 1 amide bonds. The Labute approximate surface area is 111 Å². The Morgan fingerprint density at radius 2 is 2.32 bits per heavy atom. The summed E-state index contributed by atoms with van der Waals surface area (Å²) >= 11 is 0. The fraction of sp³-hybridized carbons (Fsp3) is 0.538. The van der Waals surface area contributed by atoms with Gasteiger partial charge in [0.15, 0.2) is 0 Å². The minimum atomic E-state index is -0.490. The van der Waals surface area contributed by atoms with Gasteiger partial charge in [0.25, 0.3) is 5.91 Å². The second-order valence-electron chi connectivity index (χ2n) is 5.10. The number of morpholine rings is 1. The zero-order valence-electron chi connectivity index (χ0n) is 10.7. The average molecular weight is 262 g/mol. The minimum Gasteiger partial charge on any atom is -0.397 e. The summed E-state index contributed by atoms with van der Waals surface area (Å²) in [6.45, 7) is 1.39. The lowest BCUT2D eigenvalue weighted by molar-refractivity contribution is 0.0252. The molecule has 1 aliphatic heterocycles. The third-order valence-corrected chi connectivity index (χ3v) is 3.91. The zero-order chi connectivity index (χ0) is 13.4. The highest BCUT2D eigenvalue weighted by Gasteiger charge is 2.37. The SMILES string of the molecule is NC(=O)c1cc(N)cnc1N1CCOC2CCCC21. The molecule has 1 saturated carbocycles. The van der Waals surface area contributed by atoms with Gasteiger partial charge in [-0.15, -0.1) is 0 Å². The van der Waals surface area contributed by atoms with Crippen LogP contribution in [0.2, 0.25) is 0 Å². The fourth-order valence-electron chi connectivity index (χ4n) is 3.07. The number of fused-ring (bicyclic) bond motifs is 1. The number of pyridine rings is 1. The Morgan fingerprint density at radius 1 is 1.47 bits per heavy atom. The maximum Gasteiger partial charge on any atom is 0.252 e. The molecular weight excluding hydrogens is 244 g/mol. The normalized spacial score (nSPS) is 26.2. The molecular formula is C13H18N4O2. The number of amides is 1. The molecule has 6 nitrogen and oxygen atoms in total. The summed E-state index contributed by atoms with van der Waals surface area (Å²) in [7, 11) is 0. The summed E-state index contributed by atoms with van der Waals surface area (Å²) in [5, 5.41) is 0. The van der Waals surface area contributed by atoms with Crippen LogP contribution in [0.25, 0.3) is 0 Å². The van der Waals surface area contributed by atoms with E-state index in [1.165, 1.54) is 0 Å². The number of anilines is 2. The zero-order valence-corrected chi connectivity index (χ0v) is 10.7. The number of nitrogen functional groups attached to an aromatic ring is 1. The maximum absolute atomic E-state index is 11.6. The lowest BCUT2D eigenvalue weighted by Crippen LogP contribution is -2.49. The number of primary amides is 1. The molecule has 1 aromatic heterocycles. The first-order chi connectivity index (χ1) is 9.16. The number of carbonyl (C=O) groups excluding carboxylic acids is 1. The summed E-state index contributed by atoms with van der Waals surface area (Å²) in [5.74, 6) is 0.151. The summed E-state index contributed by atoms with van der Waals surface area (Å²) in [6.07, 6.45) is 5.10. The van der Waals surface area contributed by atoms with E-state index in [0.717, 1.165) is 25.8 Å². The van der Waals surface area contributed by atoms with Gasteiger partial charge in [-0.2, -0.15) is 0 Å². The Morgan fingerprint density at radius 3 is 3.11 bits per heavy atom. The van der Waals surface area contributed by atoms with Gasteiger partial charge in [0.2, 0.25) is 0 Å². The fourth-order valence-corrected chi connectivity index (χ4v) is 3.07. The van der Waals surface area contributed by atoms with E-state index in [1.54, 1.807) is 12.3 Å². The van der Waals surface area contributed by atoms with Crippen molar-refractivity contribution in [3.05, 3.63) is 17.8 Å². The van der Waals surface area contributed by atoms with Gasteiger partial charge in [-0.1, -0.05) is 0 Å². The number of hydrogen-bond acceptors (Lipinski definition) is 5. The van der Waals surface area contributed by atoms with E-state index in [4.69, 9.17) is 16.2 Å². The molecule has 1 saturated heterocycles. The van der Waals surface area contributed by atoms with Crippen LogP contribution in [0.1, 0.15) is 29.6 Å². The van der Waals surface area contributed by atoms with Crippen molar-refractivity contribution in [2.75, 3.05) is 23.8 Å². The number of carbonyl (C=O) groups is 1. The first-order valence-corrected chi connectivity index (χ1v) is 6.60. The van der Waals surface area contributed by atoms with Gasteiger partial charge in [-0.25, -0.2) is 4.98 Å². The molecule has 2 aliphatic rings. The van der Waals surface area contributed by atoms with Crippen molar-refractivity contribution in [2.24, 2.45) is 5.73 Å². The van der Waals surface area contributed by atoms with E-state index < -0.39 is 5.91 Å². The molecule has 0 spiro atoms. The van der Waals surface area contributed by atoms with Crippen molar-refractivity contribution in [1.29, 1.82) is 0 Å². The largest absolute Gasteiger partial charge is 0.397 e. The molecule has 3 rings (SSSR count). The van der Waals surface area contributed by atoms with E-state index in [0.29, 0.717) is 29.7 Å². The number of ether oxygens (including phenoxy) is 1. The smallest absolute Gasteiger partial charge is 0.252 e. The Balaban J connectivity index is 1.98. The van der Waals surface area contributed by atoms with Gasteiger partial charge in [-0.05, 0) is 25.3 Å². The van der Waals surface area contributed by atoms with Crippen LogP contribution in [0.4, 0.5) is 11.5 Å². The molecule has 1 aliphatic carbocycles. The molecule has 0 aromatic carbocycles. The highest BCUT2D eigenvalue weighted by Crippen LogP contribution is 2.33. The van der Waals surface area contributed by atoms with Crippen molar-refractivity contribution in [3.63, 3.8) is 0 Å². The Kier molecular flexibility index (Phi) is 3.02. The summed E-state index contributed by atoms with van der Waals surface area (Å²) in [4.78, 5) is 18.1. The third kappa shape index (κ3) is 2.12. The average Bonchev–Trinajstić information content (AvgIpc) is 2.86. The van der Waals surface area contributed by atoms with Gasteiger partial charge < -0.3 is 21.1 Å². The topological polar surface area (TPSA) is 94.5 Å². The number of hydrogen-bond donors (Lipinski definition) is 2. The minimum absolute atomic E-state index is 0.244. The molecule has 6 heteroatoms. The number of rotatable bonds is 2. The second kappa shape index (κ2) is 4.70. The molecule has 1 aromatic rings.